The summed E-state index contributed by atoms with van der Waals surface area (Å²) in [6.07, 6.45) is 7.02. The van der Waals surface area contributed by atoms with Gasteiger partial charge in [0.05, 0.1) is 0 Å². The average Bonchev–Trinajstić information content (AvgIpc) is 2.89. The molecule has 2 aliphatic carbocycles. The Labute approximate surface area is 87.6 Å². The van der Waals surface area contributed by atoms with Gasteiger partial charge < -0.3 is 5.32 Å². The van der Waals surface area contributed by atoms with Gasteiger partial charge in [0.25, 0.3) is 0 Å². The van der Waals surface area contributed by atoms with E-state index in [0.29, 0.717) is 11.8 Å². The number of hydrogen-bond donors (Lipinski definition) is 1. The maximum atomic E-state index is 11.6. The molecule has 0 aromatic heterocycles. The zero-order valence-electron chi connectivity index (χ0n) is 7.81. The van der Waals surface area contributed by atoms with Crippen LogP contribution in [0.25, 0.3) is 0 Å². The van der Waals surface area contributed by atoms with Crippen molar-refractivity contribution < 1.29 is 4.79 Å². The summed E-state index contributed by atoms with van der Waals surface area (Å²) in [5.74, 6) is 0.637. The number of hydrogen-bond acceptors (Lipinski definition) is 1. The van der Waals surface area contributed by atoms with Crippen LogP contribution in [0.5, 0.6) is 0 Å². The summed E-state index contributed by atoms with van der Waals surface area (Å²) < 4.78 is 0. The van der Waals surface area contributed by atoms with E-state index >= 15 is 0 Å². The first-order valence-corrected chi connectivity index (χ1v) is 6.26. The number of amides is 1. The van der Waals surface area contributed by atoms with E-state index in [9.17, 15) is 4.79 Å². The Morgan fingerprint density at radius 1 is 1.38 bits per heavy atom. The molecule has 0 aromatic carbocycles. The first kappa shape index (κ1) is 9.50. The van der Waals surface area contributed by atoms with Gasteiger partial charge in [0, 0.05) is 16.8 Å². The molecule has 0 spiro atoms. The Morgan fingerprint density at radius 2 is 2.00 bits per heavy atom. The van der Waals surface area contributed by atoms with Crippen molar-refractivity contribution in [1.29, 1.82) is 0 Å². The highest BCUT2D eigenvalue weighted by Gasteiger charge is 2.38. The van der Waals surface area contributed by atoms with Gasteiger partial charge in [0.2, 0.25) is 5.91 Å². The van der Waals surface area contributed by atoms with Crippen LogP contribution in [0.4, 0.5) is 0 Å². The fourth-order valence-electron chi connectivity index (χ4n) is 2.05. The van der Waals surface area contributed by atoms with Gasteiger partial charge in [-0.25, -0.2) is 0 Å². The number of halogens is 1. The second kappa shape index (κ2) is 3.60. The Morgan fingerprint density at radius 3 is 2.46 bits per heavy atom. The Hall–Kier alpha value is -0.0500. The highest BCUT2D eigenvalue weighted by Crippen LogP contribution is 2.34. The third-order valence-electron chi connectivity index (χ3n) is 3.15. The molecule has 0 aliphatic heterocycles. The van der Waals surface area contributed by atoms with Crippen LogP contribution in [-0.2, 0) is 4.79 Å². The van der Waals surface area contributed by atoms with Crippen LogP contribution < -0.4 is 5.32 Å². The topological polar surface area (TPSA) is 29.1 Å². The van der Waals surface area contributed by atoms with E-state index in [1.807, 2.05) is 0 Å². The molecule has 3 heteroatoms. The van der Waals surface area contributed by atoms with Crippen molar-refractivity contribution in [1.82, 2.24) is 5.32 Å². The van der Waals surface area contributed by atoms with E-state index in [2.05, 4.69) is 21.2 Å². The van der Waals surface area contributed by atoms with E-state index in [0.717, 1.165) is 31.0 Å². The van der Waals surface area contributed by atoms with Crippen LogP contribution in [0.15, 0.2) is 0 Å². The number of carbonyl (C=O) groups excluding carboxylic acids is 1. The molecule has 0 unspecified atom stereocenters. The van der Waals surface area contributed by atoms with Crippen molar-refractivity contribution in [2.45, 2.75) is 44.1 Å². The average molecular weight is 246 g/mol. The van der Waals surface area contributed by atoms with Crippen molar-refractivity contribution in [2.75, 3.05) is 5.33 Å². The molecule has 0 heterocycles. The van der Waals surface area contributed by atoms with Crippen LogP contribution in [0.3, 0.4) is 0 Å². The highest BCUT2D eigenvalue weighted by molar-refractivity contribution is 9.09. The molecule has 2 saturated carbocycles. The maximum Gasteiger partial charge on any atom is 0.223 e. The van der Waals surface area contributed by atoms with Crippen LogP contribution in [0.1, 0.15) is 38.5 Å². The molecular formula is C10H16BrNO. The smallest absolute Gasteiger partial charge is 0.223 e. The van der Waals surface area contributed by atoms with E-state index in [-0.39, 0.29) is 5.54 Å². The summed E-state index contributed by atoms with van der Waals surface area (Å²) in [7, 11) is 0. The second-order valence-corrected chi connectivity index (χ2v) is 4.95. The summed E-state index contributed by atoms with van der Waals surface area (Å²) in [5, 5.41) is 4.13. The van der Waals surface area contributed by atoms with Crippen LogP contribution >= 0.6 is 15.9 Å². The van der Waals surface area contributed by atoms with Crippen molar-refractivity contribution in [2.24, 2.45) is 5.92 Å². The summed E-state index contributed by atoms with van der Waals surface area (Å²) >= 11 is 3.52. The standard InChI is InChI=1S/C10H16BrNO/c11-7-10(5-1-2-6-10)12-9(13)8-3-4-8/h8H,1-7H2,(H,12,13). The monoisotopic (exact) mass is 245 g/mol. The van der Waals surface area contributed by atoms with Gasteiger partial charge in [-0.05, 0) is 25.7 Å². The van der Waals surface area contributed by atoms with Gasteiger partial charge in [-0.15, -0.1) is 0 Å². The number of nitrogens with one attached hydrogen (secondary N) is 1. The Balaban J connectivity index is 1.92. The largest absolute Gasteiger partial charge is 0.350 e. The lowest BCUT2D eigenvalue weighted by atomic mass is 10.0. The summed E-state index contributed by atoms with van der Waals surface area (Å²) in [4.78, 5) is 11.6. The Kier molecular flexibility index (Phi) is 2.63. The van der Waals surface area contributed by atoms with E-state index in [1.54, 1.807) is 0 Å². The molecule has 1 amide bonds. The van der Waals surface area contributed by atoms with Crippen LogP contribution in [-0.4, -0.2) is 16.8 Å². The molecule has 2 fully saturated rings. The SMILES string of the molecule is O=C(NC1(CBr)CCCC1)C1CC1. The van der Waals surface area contributed by atoms with Crippen molar-refractivity contribution in [3.8, 4) is 0 Å². The van der Waals surface area contributed by atoms with Crippen molar-refractivity contribution in [3.05, 3.63) is 0 Å². The lowest BCUT2D eigenvalue weighted by Gasteiger charge is -2.28. The van der Waals surface area contributed by atoms with E-state index in [4.69, 9.17) is 0 Å². The minimum atomic E-state index is 0.0969. The summed E-state index contributed by atoms with van der Waals surface area (Å²) in [5.41, 5.74) is 0.0969. The van der Waals surface area contributed by atoms with Gasteiger partial charge in [-0.1, -0.05) is 28.8 Å². The van der Waals surface area contributed by atoms with E-state index < -0.39 is 0 Å². The molecule has 0 saturated heterocycles. The molecule has 2 nitrogen and oxygen atoms in total. The van der Waals surface area contributed by atoms with Crippen molar-refractivity contribution >= 4 is 21.8 Å². The molecule has 0 bridgehead atoms. The lowest BCUT2D eigenvalue weighted by molar-refractivity contribution is -0.123. The maximum absolute atomic E-state index is 11.6. The predicted octanol–water partition coefficient (Wildman–Crippen LogP) is 2.22. The number of alkyl halides is 1. The van der Waals surface area contributed by atoms with Gasteiger partial charge in [-0.2, -0.15) is 0 Å². The molecule has 2 rings (SSSR count). The molecule has 0 radical (unpaired) electrons. The fraction of sp³-hybridized carbons (Fsp3) is 0.900. The van der Waals surface area contributed by atoms with Gasteiger partial charge in [-0.3, -0.25) is 4.79 Å². The first-order valence-electron chi connectivity index (χ1n) is 5.14. The minimum absolute atomic E-state index is 0.0969. The number of rotatable bonds is 3. The third-order valence-corrected chi connectivity index (χ3v) is 4.23. The zero-order chi connectivity index (χ0) is 9.31. The summed E-state index contributed by atoms with van der Waals surface area (Å²) in [6, 6.07) is 0. The molecule has 0 atom stereocenters. The van der Waals surface area contributed by atoms with Crippen molar-refractivity contribution in [3.63, 3.8) is 0 Å². The first-order chi connectivity index (χ1) is 6.26. The van der Waals surface area contributed by atoms with Gasteiger partial charge in [0.15, 0.2) is 0 Å². The number of carbonyl (C=O) groups is 1. The zero-order valence-corrected chi connectivity index (χ0v) is 9.40. The lowest BCUT2D eigenvalue weighted by Crippen LogP contribution is -2.48. The second-order valence-electron chi connectivity index (χ2n) is 4.38. The summed E-state index contributed by atoms with van der Waals surface area (Å²) in [6.45, 7) is 0. The fourth-order valence-corrected chi connectivity index (χ4v) is 2.75. The molecule has 0 aromatic rings. The van der Waals surface area contributed by atoms with Crippen LogP contribution in [0.2, 0.25) is 0 Å². The molecule has 74 valence electrons. The molecule has 1 N–H and O–H groups in total. The third kappa shape index (κ3) is 2.06. The normalized spacial score (nSPS) is 25.9. The molecular weight excluding hydrogens is 230 g/mol. The van der Waals surface area contributed by atoms with Gasteiger partial charge >= 0.3 is 0 Å². The quantitative estimate of drug-likeness (QED) is 0.760. The predicted molar refractivity (Wildman–Crippen MR) is 55.9 cm³/mol. The molecule has 2 aliphatic rings. The minimum Gasteiger partial charge on any atom is -0.350 e. The Bertz CT molecular complexity index is 207. The van der Waals surface area contributed by atoms with E-state index in [1.165, 1.54) is 12.8 Å². The van der Waals surface area contributed by atoms with Gasteiger partial charge in [0.1, 0.15) is 0 Å². The molecule has 13 heavy (non-hydrogen) atoms. The van der Waals surface area contributed by atoms with Crippen LogP contribution in [0, 0.1) is 5.92 Å². The highest BCUT2D eigenvalue weighted by atomic mass is 79.9.